The van der Waals surface area contributed by atoms with Crippen LogP contribution in [-0.2, 0) is 9.84 Å². The monoisotopic (exact) mass is 356 g/mol. The van der Waals surface area contributed by atoms with Gasteiger partial charge in [-0.1, -0.05) is 29.5 Å². The lowest BCUT2D eigenvalue weighted by Gasteiger charge is -2.08. The van der Waals surface area contributed by atoms with Crippen LogP contribution < -0.4 is 0 Å². The lowest BCUT2D eigenvalue weighted by Crippen LogP contribution is -2.25. The Morgan fingerprint density at radius 3 is 2.31 bits per heavy atom. The summed E-state index contributed by atoms with van der Waals surface area (Å²) in [7, 11) is -3.41. The molecule has 0 aromatic heterocycles. The Balaban J connectivity index is 2.99. The molecule has 0 unspecified atom stereocenters. The first-order valence-corrected chi connectivity index (χ1v) is 7.50. The van der Waals surface area contributed by atoms with Crippen molar-refractivity contribution in [3.8, 4) is 0 Å². The zero-order chi connectivity index (χ0) is 12.3. The number of alkyl halides is 1. The molecule has 0 saturated heterocycles. The molecular weight excluding hydrogens is 346 g/mol. The highest BCUT2D eigenvalue weighted by Crippen LogP contribution is 2.17. The molecule has 1 aromatic carbocycles. The highest BCUT2D eigenvalue weighted by atomic mass is 127. The Labute approximate surface area is 107 Å². The number of halogens is 2. The third-order valence-electron chi connectivity index (χ3n) is 2.05. The van der Waals surface area contributed by atoms with Crippen LogP contribution >= 0.6 is 22.6 Å². The minimum atomic E-state index is -3.41. The van der Waals surface area contributed by atoms with Gasteiger partial charge in [0.1, 0.15) is 5.82 Å². The number of rotatable bonds is 4. The van der Waals surface area contributed by atoms with Gasteiger partial charge in [-0.2, -0.15) is 0 Å². The first-order chi connectivity index (χ1) is 7.38. The molecule has 0 N–H and O–H groups in total. The Morgan fingerprint density at radius 1 is 1.38 bits per heavy atom. The van der Waals surface area contributed by atoms with Gasteiger partial charge < -0.3 is 0 Å². The van der Waals surface area contributed by atoms with Crippen LogP contribution in [0.4, 0.5) is 4.39 Å². The van der Waals surface area contributed by atoms with Crippen LogP contribution in [0.1, 0.15) is 17.3 Å². The Morgan fingerprint density at radius 2 is 1.88 bits per heavy atom. The maximum absolute atomic E-state index is 12.6. The molecular formula is C10H10FIO3S. The number of sulfone groups is 1. The first kappa shape index (κ1) is 13.6. The molecule has 1 rings (SSSR count). The molecule has 88 valence electrons. The van der Waals surface area contributed by atoms with E-state index in [1.165, 1.54) is 19.1 Å². The lowest BCUT2D eigenvalue weighted by atomic mass is 10.1. The fraction of sp³-hybridized carbons (Fsp3) is 0.300. The molecule has 0 fully saturated rings. The van der Waals surface area contributed by atoms with Crippen LogP contribution in [0.15, 0.2) is 24.3 Å². The summed E-state index contributed by atoms with van der Waals surface area (Å²) in [4.78, 5) is 11.8. The molecule has 0 amide bonds. The highest BCUT2D eigenvalue weighted by Gasteiger charge is 2.28. The summed E-state index contributed by atoms with van der Waals surface area (Å²) in [6.07, 6.45) is 0. The van der Waals surface area contributed by atoms with E-state index in [0.717, 1.165) is 12.1 Å². The number of carbonyl (C=O) groups is 1. The van der Waals surface area contributed by atoms with Gasteiger partial charge in [-0.05, 0) is 24.3 Å². The summed E-state index contributed by atoms with van der Waals surface area (Å²) < 4.78 is 34.5. The van der Waals surface area contributed by atoms with Gasteiger partial charge >= 0.3 is 0 Å². The van der Waals surface area contributed by atoms with E-state index in [9.17, 15) is 17.6 Å². The van der Waals surface area contributed by atoms with Crippen LogP contribution in [0.25, 0.3) is 0 Å². The van der Waals surface area contributed by atoms with Crippen LogP contribution in [-0.4, -0.2) is 23.2 Å². The predicted octanol–water partition coefficient (Wildman–Crippen LogP) is 2.20. The Kier molecular flexibility index (Phi) is 4.43. The fourth-order valence-corrected chi connectivity index (χ4v) is 3.25. The molecule has 0 bridgehead atoms. The van der Waals surface area contributed by atoms with Crippen LogP contribution in [0, 0.1) is 5.82 Å². The normalized spacial score (nSPS) is 13.4. The summed E-state index contributed by atoms with van der Waals surface area (Å²) in [5, 5.41) is 0. The minimum Gasteiger partial charge on any atom is -0.292 e. The van der Waals surface area contributed by atoms with Crippen molar-refractivity contribution in [2.45, 2.75) is 10.2 Å². The van der Waals surface area contributed by atoms with Crippen LogP contribution in [0.5, 0.6) is 0 Å². The van der Waals surface area contributed by atoms with E-state index in [4.69, 9.17) is 0 Å². The van der Waals surface area contributed by atoms with E-state index < -0.39 is 24.7 Å². The number of carbonyl (C=O) groups excluding carboxylic acids is 1. The number of ketones is 1. The van der Waals surface area contributed by atoms with Crippen LogP contribution in [0.2, 0.25) is 0 Å². The van der Waals surface area contributed by atoms with Crippen molar-refractivity contribution in [3.63, 3.8) is 0 Å². The van der Waals surface area contributed by atoms with Gasteiger partial charge in [0.15, 0.2) is 18.9 Å². The summed E-state index contributed by atoms with van der Waals surface area (Å²) >= 11 is 1.59. The van der Waals surface area contributed by atoms with Gasteiger partial charge in [-0.3, -0.25) is 4.79 Å². The zero-order valence-electron chi connectivity index (χ0n) is 8.48. The van der Waals surface area contributed by atoms with E-state index in [1.807, 2.05) is 0 Å². The predicted molar refractivity (Wildman–Crippen MR) is 68.0 cm³/mol. The third kappa shape index (κ3) is 3.00. The van der Waals surface area contributed by atoms with Gasteiger partial charge in [0.05, 0.1) is 0 Å². The molecule has 0 heterocycles. The van der Waals surface area contributed by atoms with Gasteiger partial charge in [0.2, 0.25) is 0 Å². The fourth-order valence-electron chi connectivity index (χ4n) is 1.05. The second kappa shape index (κ2) is 5.22. The molecule has 6 heteroatoms. The van der Waals surface area contributed by atoms with E-state index in [1.54, 1.807) is 22.6 Å². The molecule has 1 atom stereocenters. The second-order valence-electron chi connectivity index (χ2n) is 3.14. The van der Waals surface area contributed by atoms with E-state index in [2.05, 4.69) is 0 Å². The number of benzene rings is 1. The van der Waals surface area contributed by atoms with Gasteiger partial charge in [-0.15, -0.1) is 0 Å². The summed E-state index contributed by atoms with van der Waals surface area (Å²) in [6, 6.07) is 4.84. The maximum Gasteiger partial charge on any atom is 0.190 e. The number of hydrogen-bond acceptors (Lipinski definition) is 3. The van der Waals surface area contributed by atoms with E-state index in [-0.39, 0.29) is 11.3 Å². The van der Waals surface area contributed by atoms with Crippen molar-refractivity contribution in [1.82, 2.24) is 0 Å². The number of hydrogen-bond donors (Lipinski definition) is 0. The number of Topliss-reactive ketones (excluding diaryl/α,β-unsaturated/α-hetero) is 1. The lowest BCUT2D eigenvalue weighted by molar-refractivity contribution is 0.101. The minimum absolute atomic E-state index is 0.0897. The van der Waals surface area contributed by atoms with Crippen LogP contribution in [0.3, 0.4) is 0 Å². The molecule has 3 nitrogen and oxygen atoms in total. The van der Waals surface area contributed by atoms with Gasteiger partial charge in [-0.25, -0.2) is 12.8 Å². The summed E-state index contributed by atoms with van der Waals surface area (Å²) in [6.45, 7) is 1.49. The van der Waals surface area contributed by atoms with E-state index in [0.29, 0.717) is 0 Å². The molecule has 0 aliphatic heterocycles. The van der Waals surface area contributed by atoms with Crippen molar-refractivity contribution in [3.05, 3.63) is 35.6 Å². The van der Waals surface area contributed by atoms with Crippen molar-refractivity contribution in [2.75, 3.05) is 5.75 Å². The second-order valence-corrected chi connectivity index (χ2v) is 7.60. The topological polar surface area (TPSA) is 51.2 Å². The van der Waals surface area contributed by atoms with E-state index >= 15 is 0 Å². The van der Waals surface area contributed by atoms with Gasteiger partial charge in [0, 0.05) is 11.3 Å². The molecule has 1 aromatic rings. The van der Waals surface area contributed by atoms with Gasteiger partial charge in [0.25, 0.3) is 0 Å². The average molecular weight is 356 g/mol. The maximum atomic E-state index is 12.6. The van der Waals surface area contributed by atoms with Crippen molar-refractivity contribution < 1.29 is 17.6 Å². The molecule has 0 radical (unpaired) electrons. The molecule has 16 heavy (non-hydrogen) atoms. The smallest absolute Gasteiger partial charge is 0.190 e. The Hall–Kier alpha value is -0.500. The summed E-state index contributed by atoms with van der Waals surface area (Å²) in [5.41, 5.74) is 0.206. The quantitative estimate of drug-likeness (QED) is 0.472. The first-order valence-electron chi connectivity index (χ1n) is 4.54. The molecule has 0 aliphatic carbocycles. The molecule has 0 spiro atoms. The van der Waals surface area contributed by atoms with Crippen molar-refractivity contribution in [1.29, 1.82) is 0 Å². The average Bonchev–Trinajstić information content (AvgIpc) is 2.28. The standard InChI is InChI=1S/C10H10FIO3S/c1-2-16(14,15)10(12)9(13)7-3-5-8(11)6-4-7/h3-6,10H,2H2,1H3/t10-/m1/s1. The molecule has 0 aliphatic rings. The Bertz CT molecular complexity index is 481. The highest BCUT2D eigenvalue weighted by molar-refractivity contribution is 14.1. The molecule has 0 saturated carbocycles. The van der Waals surface area contributed by atoms with Crippen molar-refractivity contribution >= 4 is 38.2 Å². The third-order valence-corrected chi connectivity index (χ3v) is 6.59. The van der Waals surface area contributed by atoms with Crippen molar-refractivity contribution in [2.24, 2.45) is 0 Å². The largest absolute Gasteiger partial charge is 0.292 e. The zero-order valence-corrected chi connectivity index (χ0v) is 11.5. The summed E-state index contributed by atoms with van der Waals surface area (Å²) in [5.74, 6) is -1.06. The SMILES string of the molecule is CCS(=O)(=O)[C@@H](I)C(=O)c1ccc(F)cc1.